The van der Waals surface area contributed by atoms with Crippen LogP contribution in [-0.4, -0.2) is 34.1 Å². The molecule has 1 heterocycles. The molecule has 0 spiro atoms. The van der Waals surface area contributed by atoms with Gasteiger partial charge in [-0.1, -0.05) is 122 Å². The summed E-state index contributed by atoms with van der Waals surface area (Å²) in [4.78, 5) is 25.1. The number of hydrogen-bond donors (Lipinski definition) is 4. The zero-order valence-electron chi connectivity index (χ0n) is 27.7. The zero-order valence-corrected chi connectivity index (χ0v) is 28.5. The van der Waals surface area contributed by atoms with Gasteiger partial charge in [0.15, 0.2) is 6.29 Å². The molecule has 5 aromatic rings. The Kier molecular flexibility index (Phi) is 11.6. The Bertz CT molecular complexity index is 1880. The Labute approximate surface area is 296 Å². The predicted octanol–water partition coefficient (Wildman–Crippen LogP) is 8.13. The molecule has 256 valence electrons. The van der Waals surface area contributed by atoms with Crippen molar-refractivity contribution in [1.82, 2.24) is 10.6 Å². The second-order valence-corrected chi connectivity index (χ2v) is 13.3. The first-order valence-corrected chi connectivity index (χ1v) is 17.6. The van der Waals surface area contributed by atoms with E-state index in [4.69, 9.17) is 9.47 Å². The van der Waals surface area contributed by atoms with Crippen LogP contribution >= 0.6 is 11.8 Å². The number of aromatic carboxylic acids is 1. The summed E-state index contributed by atoms with van der Waals surface area (Å²) in [6.45, 7) is 2.86. The van der Waals surface area contributed by atoms with E-state index in [9.17, 15) is 19.8 Å². The third-order valence-corrected chi connectivity index (χ3v) is 10.1. The molecule has 2 amide bonds. The first-order chi connectivity index (χ1) is 24.4. The summed E-state index contributed by atoms with van der Waals surface area (Å²) in [5, 5.41) is 25.2. The number of hydrogen-bond acceptors (Lipinski definition) is 6. The predicted molar refractivity (Wildman–Crippen MR) is 194 cm³/mol. The minimum Gasteiger partial charge on any atom is -0.478 e. The van der Waals surface area contributed by atoms with Gasteiger partial charge in [-0.2, -0.15) is 0 Å². The first kappa shape index (κ1) is 34.9. The van der Waals surface area contributed by atoms with Crippen molar-refractivity contribution in [2.45, 2.75) is 50.0 Å². The minimum atomic E-state index is -0.961. The van der Waals surface area contributed by atoms with Gasteiger partial charge in [0.1, 0.15) is 0 Å². The number of ether oxygens (including phenoxy) is 2. The molecule has 4 N–H and O–H groups in total. The van der Waals surface area contributed by atoms with Crippen molar-refractivity contribution in [1.29, 1.82) is 0 Å². The molecule has 6 rings (SSSR count). The quantitative estimate of drug-likeness (QED) is 0.0979. The number of benzene rings is 5. The van der Waals surface area contributed by atoms with Gasteiger partial charge in [0.25, 0.3) is 0 Å². The second kappa shape index (κ2) is 16.7. The summed E-state index contributed by atoms with van der Waals surface area (Å²) in [7, 11) is 0. The molecule has 0 aliphatic carbocycles. The van der Waals surface area contributed by atoms with Crippen LogP contribution in [0.5, 0.6) is 0 Å². The maximum atomic E-state index is 12.6. The molecule has 5 aromatic carbocycles. The van der Waals surface area contributed by atoms with E-state index in [-0.39, 0.29) is 36.3 Å². The summed E-state index contributed by atoms with van der Waals surface area (Å²) < 4.78 is 13.2. The molecule has 0 saturated carbocycles. The number of amides is 2. The van der Waals surface area contributed by atoms with Crippen LogP contribution in [0.2, 0.25) is 0 Å². The van der Waals surface area contributed by atoms with E-state index in [0.29, 0.717) is 23.7 Å². The molecule has 0 unspecified atom stereocenters. The van der Waals surface area contributed by atoms with E-state index < -0.39 is 12.3 Å². The number of carbonyl (C=O) groups excluding carboxylic acids is 1. The lowest BCUT2D eigenvalue weighted by Crippen LogP contribution is -2.38. The van der Waals surface area contributed by atoms with Gasteiger partial charge in [-0.25, -0.2) is 9.59 Å². The summed E-state index contributed by atoms with van der Waals surface area (Å²) >= 11 is 1.47. The molecule has 1 saturated heterocycles. The highest BCUT2D eigenvalue weighted by molar-refractivity contribution is 7.99. The average molecular weight is 689 g/mol. The third kappa shape index (κ3) is 8.61. The average Bonchev–Trinajstić information content (AvgIpc) is 3.16. The molecule has 0 aromatic heterocycles. The molecule has 1 aliphatic rings. The minimum absolute atomic E-state index is 0.0393. The number of aliphatic hydroxyl groups excluding tert-OH is 1. The van der Waals surface area contributed by atoms with Crippen molar-refractivity contribution < 1.29 is 29.3 Å². The number of aliphatic hydroxyl groups is 1. The lowest BCUT2D eigenvalue weighted by Gasteiger charge is -2.41. The number of carbonyl (C=O) groups is 2. The summed E-state index contributed by atoms with van der Waals surface area (Å²) in [5.74, 6) is -0.467. The van der Waals surface area contributed by atoms with Crippen LogP contribution in [0.4, 0.5) is 4.79 Å². The van der Waals surface area contributed by atoms with E-state index in [1.54, 1.807) is 12.1 Å². The Morgan fingerprint density at radius 3 is 2.12 bits per heavy atom. The Hall–Kier alpha value is -4.93. The van der Waals surface area contributed by atoms with Gasteiger partial charge in [0.05, 0.1) is 24.4 Å². The lowest BCUT2D eigenvalue weighted by atomic mass is 9.91. The van der Waals surface area contributed by atoms with Crippen molar-refractivity contribution in [3.63, 3.8) is 0 Å². The van der Waals surface area contributed by atoms with E-state index in [1.165, 1.54) is 11.8 Å². The molecule has 0 radical (unpaired) electrons. The lowest BCUT2D eigenvalue weighted by molar-refractivity contribution is -0.268. The van der Waals surface area contributed by atoms with Crippen LogP contribution in [0, 0.1) is 5.92 Å². The van der Waals surface area contributed by atoms with Gasteiger partial charge < -0.3 is 30.3 Å². The van der Waals surface area contributed by atoms with Gasteiger partial charge in [-0.3, -0.25) is 0 Å². The zero-order chi connectivity index (χ0) is 34.9. The second-order valence-electron chi connectivity index (χ2n) is 12.2. The smallest absolute Gasteiger partial charge is 0.336 e. The fraction of sp³-hybridized carbons (Fsp3) is 0.220. The summed E-state index contributed by atoms with van der Waals surface area (Å²) in [5.41, 5.74) is 6.94. The number of urea groups is 1. The van der Waals surface area contributed by atoms with Crippen molar-refractivity contribution in [3.05, 3.63) is 161 Å². The van der Waals surface area contributed by atoms with Gasteiger partial charge in [0, 0.05) is 35.2 Å². The summed E-state index contributed by atoms with van der Waals surface area (Å²) in [6.07, 6.45) is -1.20. The molecule has 4 atom stereocenters. The number of carboxylic acid groups (broad SMARTS) is 1. The van der Waals surface area contributed by atoms with Gasteiger partial charge in [-0.15, -0.1) is 11.8 Å². The van der Waals surface area contributed by atoms with Gasteiger partial charge in [-0.05, 0) is 45.5 Å². The Balaban J connectivity index is 1.18. The molecular formula is C41H40N2O6S. The van der Waals surface area contributed by atoms with E-state index in [0.717, 1.165) is 38.9 Å². The van der Waals surface area contributed by atoms with Crippen LogP contribution in [0.25, 0.3) is 11.1 Å². The topological polar surface area (TPSA) is 117 Å². The molecule has 9 heteroatoms. The molecule has 1 aliphatic heterocycles. The van der Waals surface area contributed by atoms with Crippen LogP contribution in [0.15, 0.2) is 132 Å². The van der Waals surface area contributed by atoms with E-state index >= 15 is 0 Å². The largest absolute Gasteiger partial charge is 0.478 e. The number of carboxylic acids is 1. The fourth-order valence-corrected chi connectivity index (χ4v) is 7.25. The highest BCUT2D eigenvalue weighted by atomic mass is 32.2. The van der Waals surface area contributed by atoms with Crippen LogP contribution in [0.3, 0.4) is 0 Å². The number of nitrogens with one attached hydrogen (secondary N) is 2. The number of rotatable bonds is 12. The third-order valence-electron chi connectivity index (χ3n) is 8.89. The van der Waals surface area contributed by atoms with Gasteiger partial charge >= 0.3 is 12.0 Å². The monoisotopic (exact) mass is 688 g/mol. The Morgan fingerprint density at radius 1 is 0.720 bits per heavy atom. The highest BCUT2D eigenvalue weighted by Crippen LogP contribution is 2.43. The SMILES string of the molecule is C[C@H]1[C@@H](CSc2ccccc2C(=O)O)O[C@@H](c2ccc(-c3ccccc3CNC(=O)NCc3ccccc3)cc2)O[C@H]1c1ccc(CO)cc1. The molecule has 8 nitrogen and oxygen atoms in total. The summed E-state index contributed by atoms with van der Waals surface area (Å²) in [6, 6.07) is 40.4. The van der Waals surface area contributed by atoms with Crippen molar-refractivity contribution in [2.75, 3.05) is 5.75 Å². The van der Waals surface area contributed by atoms with Gasteiger partial charge in [0.2, 0.25) is 0 Å². The number of thioether (sulfide) groups is 1. The van der Waals surface area contributed by atoms with Crippen LogP contribution in [-0.2, 0) is 29.2 Å². The van der Waals surface area contributed by atoms with E-state index in [1.807, 2.05) is 115 Å². The maximum Gasteiger partial charge on any atom is 0.336 e. The van der Waals surface area contributed by atoms with Crippen molar-refractivity contribution in [3.8, 4) is 11.1 Å². The Morgan fingerprint density at radius 2 is 1.38 bits per heavy atom. The first-order valence-electron chi connectivity index (χ1n) is 16.6. The van der Waals surface area contributed by atoms with Crippen LogP contribution < -0.4 is 10.6 Å². The molecular weight excluding hydrogens is 649 g/mol. The van der Waals surface area contributed by atoms with Crippen LogP contribution in [0.1, 0.15) is 57.5 Å². The fourth-order valence-electron chi connectivity index (χ4n) is 6.04. The molecule has 1 fully saturated rings. The normalized spacial score (nSPS) is 18.7. The highest BCUT2D eigenvalue weighted by Gasteiger charge is 2.38. The molecule has 0 bridgehead atoms. The molecule has 50 heavy (non-hydrogen) atoms. The van der Waals surface area contributed by atoms with E-state index in [2.05, 4.69) is 17.6 Å². The standard InChI is InChI=1S/C41H40N2O6S/c1-27-36(26-50-37-14-8-7-13-35(37)39(45)46)48-40(49-38(27)31-17-15-29(25-44)16-18-31)32-21-19-30(20-22-32)34-12-6-5-11-33(34)24-43-41(47)42-23-28-9-3-2-4-10-28/h2-22,27,36,38,40,44H,23-26H2,1H3,(H,45,46)(H2,42,43,47)/t27-,36+,38+,40+/m0/s1. The van der Waals surface area contributed by atoms with Crippen molar-refractivity contribution >= 4 is 23.8 Å². The maximum absolute atomic E-state index is 12.6. The van der Waals surface area contributed by atoms with Crippen molar-refractivity contribution in [2.24, 2.45) is 5.92 Å².